The quantitative estimate of drug-likeness (QED) is 0.305. The highest BCUT2D eigenvalue weighted by atomic mass is 16.8. The number of hydrogen-bond donors (Lipinski definition) is 0. The van der Waals surface area contributed by atoms with Crippen molar-refractivity contribution in [2.45, 2.75) is 78.8 Å². The van der Waals surface area contributed by atoms with Crippen molar-refractivity contribution in [3.63, 3.8) is 0 Å². The maximum atomic E-state index is 11.6. The van der Waals surface area contributed by atoms with Crippen LogP contribution in [0.2, 0.25) is 0 Å². The lowest BCUT2D eigenvalue weighted by Crippen LogP contribution is -2.27. The van der Waals surface area contributed by atoms with Gasteiger partial charge in [-0.25, -0.2) is 4.79 Å². The van der Waals surface area contributed by atoms with Crippen LogP contribution in [-0.2, 0) is 18.9 Å². The van der Waals surface area contributed by atoms with Crippen LogP contribution in [0.5, 0.6) is 0 Å². The third-order valence-corrected chi connectivity index (χ3v) is 2.73. The summed E-state index contributed by atoms with van der Waals surface area (Å²) in [5.41, 5.74) is 0. The van der Waals surface area contributed by atoms with Crippen LogP contribution in [0.25, 0.3) is 0 Å². The Bertz CT molecular complexity index is 210. The third kappa shape index (κ3) is 10.0. The van der Waals surface area contributed by atoms with Gasteiger partial charge in [0.2, 0.25) is 12.6 Å². The van der Waals surface area contributed by atoms with E-state index in [1.165, 1.54) is 0 Å². The van der Waals surface area contributed by atoms with E-state index in [0.29, 0.717) is 26.1 Å². The van der Waals surface area contributed by atoms with Gasteiger partial charge in [-0.05, 0) is 12.8 Å². The van der Waals surface area contributed by atoms with Gasteiger partial charge >= 0.3 is 6.16 Å². The summed E-state index contributed by atoms with van der Waals surface area (Å²) >= 11 is 0. The zero-order chi connectivity index (χ0) is 15.2. The highest BCUT2D eigenvalue weighted by Crippen LogP contribution is 2.08. The number of rotatable bonds is 12. The summed E-state index contributed by atoms with van der Waals surface area (Å²) in [6.07, 6.45) is 3.40. The molecule has 0 saturated carbocycles. The fraction of sp³-hybridized carbons (Fsp3) is 0.933. The molecule has 0 amide bonds. The number of carbonyl (C=O) groups is 1. The molecule has 0 bridgehead atoms. The van der Waals surface area contributed by atoms with Crippen LogP contribution in [0.1, 0.15) is 66.2 Å². The molecule has 0 aromatic carbocycles. The van der Waals surface area contributed by atoms with Gasteiger partial charge in [-0.3, -0.25) is 0 Å². The van der Waals surface area contributed by atoms with E-state index in [1.807, 2.05) is 13.8 Å². The van der Waals surface area contributed by atoms with Crippen LogP contribution in [0.15, 0.2) is 0 Å². The zero-order valence-electron chi connectivity index (χ0n) is 13.4. The van der Waals surface area contributed by atoms with E-state index in [2.05, 4.69) is 13.8 Å². The first-order valence-corrected chi connectivity index (χ1v) is 7.78. The largest absolute Gasteiger partial charge is 0.512 e. The molecule has 0 aliphatic carbocycles. The monoisotopic (exact) mass is 290 g/mol. The van der Waals surface area contributed by atoms with Crippen molar-refractivity contribution >= 4 is 6.16 Å². The van der Waals surface area contributed by atoms with Gasteiger partial charge in [0.05, 0.1) is 13.2 Å². The molecule has 0 radical (unpaired) electrons. The number of carbonyl (C=O) groups excluding carboxylic acids is 1. The van der Waals surface area contributed by atoms with E-state index in [9.17, 15) is 4.79 Å². The first kappa shape index (κ1) is 19.2. The van der Waals surface area contributed by atoms with Crippen LogP contribution in [0, 0.1) is 0 Å². The molecule has 0 N–H and O–H groups in total. The van der Waals surface area contributed by atoms with Crippen molar-refractivity contribution in [1.29, 1.82) is 0 Å². The van der Waals surface area contributed by atoms with Crippen LogP contribution >= 0.6 is 0 Å². The molecule has 120 valence electrons. The summed E-state index contributed by atoms with van der Waals surface area (Å²) in [6, 6.07) is 0. The molecule has 0 aliphatic rings. The lowest BCUT2D eigenvalue weighted by Gasteiger charge is -2.20. The van der Waals surface area contributed by atoms with Crippen molar-refractivity contribution in [2.75, 3.05) is 13.2 Å². The second-order valence-corrected chi connectivity index (χ2v) is 4.61. The van der Waals surface area contributed by atoms with Gasteiger partial charge in [-0.15, -0.1) is 0 Å². The molecular formula is C15H30O5. The highest BCUT2D eigenvalue weighted by molar-refractivity contribution is 5.60. The van der Waals surface area contributed by atoms with Crippen molar-refractivity contribution in [1.82, 2.24) is 0 Å². The predicted molar refractivity (Wildman–Crippen MR) is 77.4 cm³/mol. The van der Waals surface area contributed by atoms with Gasteiger partial charge in [-0.1, -0.05) is 40.5 Å². The first-order chi connectivity index (χ1) is 9.67. The molecule has 0 saturated heterocycles. The van der Waals surface area contributed by atoms with E-state index in [-0.39, 0.29) is 0 Å². The number of hydrogen-bond acceptors (Lipinski definition) is 5. The summed E-state index contributed by atoms with van der Waals surface area (Å²) in [7, 11) is 0. The van der Waals surface area contributed by atoms with Crippen LogP contribution in [0.4, 0.5) is 4.79 Å². The molecule has 0 fully saturated rings. The second kappa shape index (κ2) is 13.2. The third-order valence-electron chi connectivity index (χ3n) is 2.73. The standard InChI is InChI=1S/C15H30O5/c1-5-9-11-17-13(7-3)19-15(16)20-14(8-4)18-12-10-6-2/h13-14H,5-12H2,1-4H3. The molecule has 0 aromatic rings. The predicted octanol–water partition coefficient (Wildman–Crippen LogP) is 4.25. The lowest BCUT2D eigenvalue weighted by atomic mass is 10.3. The lowest BCUT2D eigenvalue weighted by molar-refractivity contribution is -0.164. The summed E-state index contributed by atoms with van der Waals surface area (Å²) < 4.78 is 21.1. The van der Waals surface area contributed by atoms with Gasteiger partial charge in [-0.2, -0.15) is 0 Å². The van der Waals surface area contributed by atoms with E-state index in [4.69, 9.17) is 18.9 Å². The molecule has 2 unspecified atom stereocenters. The molecule has 0 aliphatic heterocycles. The minimum Gasteiger partial charge on any atom is -0.404 e. The summed E-state index contributed by atoms with van der Waals surface area (Å²) in [4.78, 5) is 11.6. The maximum absolute atomic E-state index is 11.6. The Morgan fingerprint density at radius 2 is 1.20 bits per heavy atom. The Labute approximate surface area is 122 Å². The van der Waals surface area contributed by atoms with E-state index < -0.39 is 18.7 Å². The number of ether oxygens (including phenoxy) is 4. The van der Waals surface area contributed by atoms with Gasteiger partial charge in [0, 0.05) is 12.8 Å². The average Bonchev–Trinajstić information content (AvgIpc) is 2.45. The fourth-order valence-corrected chi connectivity index (χ4v) is 1.43. The highest BCUT2D eigenvalue weighted by Gasteiger charge is 2.18. The van der Waals surface area contributed by atoms with Crippen LogP contribution in [0.3, 0.4) is 0 Å². The molecule has 0 spiro atoms. The minimum absolute atomic E-state index is 0.540. The molecule has 20 heavy (non-hydrogen) atoms. The van der Waals surface area contributed by atoms with E-state index >= 15 is 0 Å². The van der Waals surface area contributed by atoms with Crippen LogP contribution < -0.4 is 0 Å². The van der Waals surface area contributed by atoms with Crippen molar-refractivity contribution in [3.8, 4) is 0 Å². The van der Waals surface area contributed by atoms with Gasteiger partial charge in [0.25, 0.3) is 0 Å². The first-order valence-electron chi connectivity index (χ1n) is 7.78. The molecule has 5 heteroatoms. The van der Waals surface area contributed by atoms with Crippen molar-refractivity contribution in [2.24, 2.45) is 0 Å². The maximum Gasteiger partial charge on any atom is 0.512 e. The smallest absolute Gasteiger partial charge is 0.404 e. The molecule has 0 heterocycles. The molecule has 0 rings (SSSR count). The Morgan fingerprint density at radius 3 is 1.50 bits per heavy atom. The molecule has 5 nitrogen and oxygen atoms in total. The Hall–Kier alpha value is -0.810. The fourth-order valence-electron chi connectivity index (χ4n) is 1.43. The van der Waals surface area contributed by atoms with Crippen molar-refractivity contribution < 1.29 is 23.7 Å². The van der Waals surface area contributed by atoms with Crippen LogP contribution in [-0.4, -0.2) is 31.9 Å². The Morgan fingerprint density at radius 1 is 0.800 bits per heavy atom. The number of unbranched alkanes of at least 4 members (excludes halogenated alkanes) is 2. The van der Waals surface area contributed by atoms with Gasteiger partial charge < -0.3 is 18.9 Å². The topological polar surface area (TPSA) is 54.0 Å². The molecule has 2 atom stereocenters. The summed E-state index contributed by atoms with van der Waals surface area (Å²) in [5, 5.41) is 0. The Balaban J connectivity index is 3.96. The normalized spacial score (nSPS) is 13.8. The van der Waals surface area contributed by atoms with Gasteiger partial charge in [0.15, 0.2) is 0 Å². The van der Waals surface area contributed by atoms with Gasteiger partial charge in [0.1, 0.15) is 0 Å². The second-order valence-electron chi connectivity index (χ2n) is 4.61. The van der Waals surface area contributed by atoms with E-state index in [0.717, 1.165) is 25.7 Å². The Kier molecular flexibility index (Phi) is 12.7. The van der Waals surface area contributed by atoms with Crippen molar-refractivity contribution in [3.05, 3.63) is 0 Å². The minimum atomic E-state index is -0.725. The molecular weight excluding hydrogens is 260 g/mol. The SMILES string of the molecule is CCCCOC(CC)OC(=O)OC(CC)OCCCC. The molecule has 0 aromatic heterocycles. The average molecular weight is 290 g/mol. The zero-order valence-corrected chi connectivity index (χ0v) is 13.4. The van der Waals surface area contributed by atoms with E-state index in [1.54, 1.807) is 0 Å². The summed E-state index contributed by atoms with van der Waals surface area (Å²) in [6.45, 7) is 9.15. The summed E-state index contributed by atoms with van der Waals surface area (Å²) in [5.74, 6) is 0.